The van der Waals surface area contributed by atoms with Crippen molar-refractivity contribution < 1.29 is 14.0 Å². The monoisotopic (exact) mass is 396 g/mol. The van der Waals surface area contributed by atoms with Crippen molar-refractivity contribution in [2.75, 3.05) is 26.9 Å². The molecule has 0 saturated carbocycles. The minimum Gasteiger partial charge on any atom is -0.411 e. The Kier molecular flexibility index (Phi) is 4.76. The van der Waals surface area contributed by atoms with E-state index in [2.05, 4.69) is 61.6 Å². The molecule has 1 aliphatic carbocycles. The lowest BCUT2D eigenvalue weighted by atomic mass is 9.87. The molecule has 30 heavy (non-hydrogen) atoms. The van der Waals surface area contributed by atoms with E-state index in [9.17, 15) is 4.79 Å². The molecule has 0 saturated heterocycles. The van der Waals surface area contributed by atoms with Crippen LogP contribution in [-0.2, 0) is 4.74 Å². The van der Waals surface area contributed by atoms with Gasteiger partial charge in [0.2, 0.25) is 6.73 Å². The van der Waals surface area contributed by atoms with Crippen LogP contribution in [0.4, 0.5) is 0 Å². The lowest BCUT2D eigenvalue weighted by Crippen LogP contribution is -2.50. The van der Waals surface area contributed by atoms with Gasteiger partial charge in [-0.25, -0.2) is 4.79 Å². The van der Waals surface area contributed by atoms with Gasteiger partial charge in [-0.3, -0.25) is 4.48 Å². The zero-order valence-corrected chi connectivity index (χ0v) is 17.3. The first-order valence-electron chi connectivity index (χ1n) is 10.6. The number of benzene rings is 3. The Labute approximate surface area is 177 Å². The molecule has 0 aromatic heterocycles. The van der Waals surface area contributed by atoms with E-state index in [0.29, 0.717) is 22.7 Å². The maximum Gasteiger partial charge on any atom is 0.342 e. The third-order valence-corrected chi connectivity index (χ3v) is 6.44. The van der Waals surface area contributed by atoms with Crippen LogP contribution in [0.2, 0.25) is 0 Å². The summed E-state index contributed by atoms with van der Waals surface area (Å²) < 4.78 is 6.46. The lowest BCUT2D eigenvalue weighted by molar-refractivity contribution is -0.922. The smallest absolute Gasteiger partial charge is 0.342 e. The highest BCUT2D eigenvalue weighted by atomic mass is 16.5. The summed E-state index contributed by atoms with van der Waals surface area (Å²) >= 11 is 0. The normalized spacial score (nSPS) is 22.4. The average Bonchev–Trinajstić information content (AvgIpc) is 3.11. The second-order valence-corrected chi connectivity index (χ2v) is 8.61. The Bertz CT molecular complexity index is 1100. The molecule has 2 unspecified atom stereocenters. The number of carbonyl (C=O) groups is 1. The van der Waals surface area contributed by atoms with Gasteiger partial charge in [-0.2, -0.15) is 0 Å². The van der Waals surface area contributed by atoms with Gasteiger partial charge >= 0.3 is 5.97 Å². The molecule has 0 bridgehead atoms. The first kappa shape index (κ1) is 18.8. The van der Waals surface area contributed by atoms with Gasteiger partial charge in [0.1, 0.15) is 6.54 Å². The Morgan fingerprint density at radius 1 is 0.933 bits per heavy atom. The molecule has 0 spiro atoms. The van der Waals surface area contributed by atoms with E-state index in [4.69, 9.17) is 4.74 Å². The lowest BCUT2D eigenvalue weighted by Gasteiger charge is -2.38. The zero-order chi connectivity index (χ0) is 20.6. The van der Waals surface area contributed by atoms with Crippen molar-refractivity contribution in [1.82, 2.24) is 0 Å². The van der Waals surface area contributed by atoms with Crippen molar-refractivity contribution in [2.45, 2.75) is 12.3 Å². The van der Waals surface area contributed by atoms with Crippen LogP contribution in [0.1, 0.15) is 39.4 Å². The number of hydrogen-bond acceptors (Lipinski definition) is 2. The number of rotatable bonds is 4. The minimum atomic E-state index is -0.246. The zero-order valence-electron chi connectivity index (χ0n) is 17.3. The molecule has 2 atom stereocenters. The fourth-order valence-corrected chi connectivity index (χ4v) is 4.92. The number of ether oxygens (including phenoxy) is 1. The minimum absolute atomic E-state index is 0.246. The van der Waals surface area contributed by atoms with Crippen molar-refractivity contribution in [3.63, 3.8) is 0 Å². The molecular formula is C27H26NO2+. The molecule has 3 aromatic carbocycles. The molecule has 3 heteroatoms. The van der Waals surface area contributed by atoms with Crippen LogP contribution in [0, 0.1) is 0 Å². The Balaban J connectivity index is 1.41. The number of quaternary nitrogens is 1. The first-order valence-corrected chi connectivity index (χ1v) is 10.6. The predicted octanol–water partition coefficient (Wildman–Crippen LogP) is 5.25. The largest absolute Gasteiger partial charge is 0.411 e. The molecule has 1 heterocycles. The second kappa shape index (κ2) is 7.58. The predicted molar refractivity (Wildman–Crippen MR) is 119 cm³/mol. The molecule has 1 aliphatic heterocycles. The summed E-state index contributed by atoms with van der Waals surface area (Å²) in [6.07, 6.45) is 1.01. The number of esters is 1. The van der Waals surface area contributed by atoms with Crippen LogP contribution in [0.3, 0.4) is 0 Å². The number of fused-ring (bicyclic) bond motifs is 2. The highest BCUT2D eigenvalue weighted by Crippen LogP contribution is 2.49. The summed E-state index contributed by atoms with van der Waals surface area (Å²) in [5, 5.41) is 0. The summed E-state index contributed by atoms with van der Waals surface area (Å²) in [5.74, 6) is 0.0454. The van der Waals surface area contributed by atoms with Gasteiger partial charge in [0.15, 0.2) is 0 Å². The van der Waals surface area contributed by atoms with Crippen molar-refractivity contribution in [2.24, 2.45) is 0 Å². The first-order chi connectivity index (χ1) is 14.6. The molecule has 0 N–H and O–H groups in total. The Morgan fingerprint density at radius 2 is 1.60 bits per heavy atom. The summed E-state index contributed by atoms with van der Waals surface area (Å²) in [7, 11) is 2.20. The summed E-state index contributed by atoms with van der Waals surface area (Å²) in [6.45, 7) is 2.25. The third-order valence-electron chi connectivity index (χ3n) is 6.44. The van der Waals surface area contributed by atoms with Gasteiger partial charge in [0, 0.05) is 12.3 Å². The van der Waals surface area contributed by atoms with Crippen LogP contribution < -0.4 is 0 Å². The number of carbonyl (C=O) groups excluding carboxylic acids is 1. The molecular weight excluding hydrogens is 370 g/mol. The maximum absolute atomic E-state index is 12.5. The third kappa shape index (κ3) is 3.35. The number of nitrogens with zero attached hydrogens (tertiary/aromatic N) is 1. The molecule has 3 nitrogen and oxygen atoms in total. The highest BCUT2D eigenvalue weighted by Gasteiger charge is 2.41. The average molecular weight is 397 g/mol. The van der Waals surface area contributed by atoms with Crippen LogP contribution >= 0.6 is 0 Å². The summed E-state index contributed by atoms with van der Waals surface area (Å²) in [6, 6.07) is 28.8. The topological polar surface area (TPSA) is 26.3 Å². The van der Waals surface area contributed by atoms with Gasteiger partial charge in [-0.15, -0.1) is 0 Å². The standard InChI is InChI=1S/C27H26NO2/c1-28(19-30-27(29)21-12-6-3-7-13-21)17-16-23-22-14-8-9-15-24(22)26(25(23)18-28)20-10-4-2-5-11-20/h2-15,26H,16-19H2,1H3/q+1. The van der Waals surface area contributed by atoms with Gasteiger partial charge in [-0.05, 0) is 40.0 Å². The number of likely N-dealkylation sites (N-methyl/N-ethyl adjacent to an activating group) is 1. The van der Waals surface area contributed by atoms with E-state index in [0.717, 1.165) is 19.5 Å². The van der Waals surface area contributed by atoms with Crippen molar-refractivity contribution in [3.05, 3.63) is 113 Å². The molecule has 0 fully saturated rings. The molecule has 0 radical (unpaired) electrons. The quantitative estimate of drug-likeness (QED) is 0.445. The molecule has 0 amide bonds. The molecule has 2 aliphatic rings. The second-order valence-electron chi connectivity index (χ2n) is 8.61. The molecule has 150 valence electrons. The van der Waals surface area contributed by atoms with E-state index in [1.165, 1.54) is 27.8 Å². The maximum atomic E-state index is 12.5. The van der Waals surface area contributed by atoms with Crippen LogP contribution in [0.25, 0.3) is 5.57 Å². The van der Waals surface area contributed by atoms with Crippen molar-refractivity contribution in [3.8, 4) is 0 Å². The van der Waals surface area contributed by atoms with E-state index in [1.54, 1.807) is 12.1 Å². The van der Waals surface area contributed by atoms with Crippen LogP contribution in [-0.4, -0.2) is 37.3 Å². The van der Waals surface area contributed by atoms with E-state index in [-0.39, 0.29) is 5.97 Å². The van der Waals surface area contributed by atoms with Crippen LogP contribution in [0.15, 0.2) is 90.5 Å². The van der Waals surface area contributed by atoms with Crippen molar-refractivity contribution in [1.29, 1.82) is 0 Å². The van der Waals surface area contributed by atoms with Gasteiger partial charge in [0.05, 0.1) is 19.2 Å². The molecule has 5 rings (SSSR count). The Hall–Kier alpha value is -3.17. The Morgan fingerprint density at radius 3 is 2.37 bits per heavy atom. The fraction of sp³-hybridized carbons (Fsp3) is 0.222. The van der Waals surface area contributed by atoms with Crippen molar-refractivity contribution >= 4 is 11.5 Å². The van der Waals surface area contributed by atoms with E-state index in [1.807, 2.05) is 18.2 Å². The highest BCUT2D eigenvalue weighted by molar-refractivity contribution is 5.89. The van der Waals surface area contributed by atoms with Crippen LogP contribution in [0.5, 0.6) is 0 Å². The van der Waals surface area contributed by atoms with Gasteiger partial charge in [0.25, 0.3) is 0 Å². The van der Waals surface area contributed by atoms with Gasteiger partial charge in [-0.1, -0.05) is 72.8 Å². The number of hydrogen-bond donors (Lipinski definition) is 0. The van der Waals surface area contributed by atoms with E-state index < -0.39 is 0 Å². The molecule has 3 aromatic rings. The summed E-state index contributed by atoms with van der Waals surface area (Å²) in [5.41, 5.74) is 7.72. The van der Waals surface area contributed by atoms with Gasteiger partial charge < -0.3 is 4.74 Å². The fourth-order valence-electron chi connectivity index (χ4n) is 4.92. The SMILES string of the molecule is C[N+]1(COC(=O)c2ccccc2)CCC2=C(C1)C(c1ccccc1)c1ccccc12. The van der Waals surface area contributed by atoms with E-state index >= 15 is 0 Å². The summed E-state index contributed by atoms with van der Waals surface area (Å²) in [4.78, 5) is 12.5.